The van der Waals surface area contributed by atoms with Crippen molar-refractivity contribution in [3.8, 4) is 5.75 Å². The van der Waals surface area contributed by atoms with Crippen LogP contribution in [0.3, 0.4) is 0 Å². The predicted molar refractivity (Wildman–Crippen MR) is 77.2 cm³/mol. The first-order chi connectivity index (χ1) is 8.99. The molecule has 0 amide bonds. The van der Waals surface area contributed by atoms with Crippen LogP contribution in [0.15, 0.2) is 24.3 Å². The van der Waals surface area contributed by atoms with Gasteiger partial charge in [0.05, 0.1) is 5.69 Å². The smallest absolute Gasteiger partial charge is 0.142 e. The maximum Gasteiger partial charge on any atom is 0.142 e. The third kappa shape index (κ3) is 3.61. The first-order valence-electron chi connectivity index (χ1n) is 6.89. The Kier molecular flexibility index (Phi) is 4.32. The molecule has 4 nitrogen and oxygen atoms in total. The second-order valence-electron chi connectivity index (χ2n) is 5.86. The Bertz CT molecular complexity index is 420. The van der Waals surface area contributed by atoms with Crippen molar-refractivity contribution in [3.05, 3.63) is 24.3 Å². The van der Waals surface area contributed by atoms with E-state index in [1.165, 1.54) is 12.8 Å². The molecule has 1 unspecified atom stereocenters. The van der Waals surface area contributed by atoms with Gasteiger partial charge < -0.3 is 15.6 Å². The lowest BCUT2D eigenvalue weighted by molar-refractivity contribution is 0.0466. The van der Waals surface area contributed by atoms with E-state index in [-0.39, 0.29) is 12.1 Å². The number of rotatable bonds is 5. The number of β-amino-alcohol motifs (C(OH)–C–C–N with tert-alkyl or cyclic N) is 1. The van der Waals surface area contributed by atoms with Gasteiger partial charge in [-0.3, -0.25) is 4.90 Å². The maximum absolute atomic E-state index is 10.1. The van der Waals surface area contributed by atoms with Crippen molar-refractivity contribution < 1.29 is 9.84 Å². The number of hydrogen-bond donors (Lipinski definition) is 2. The topological polar surface area (TPSA) is 58.7 Å². The number of nitrogens with zero attached hydrogens (tertiary/aromatic N) is 1. The van der Waals surface area contributed by atoms with Crippen molar-refractivity contribution in [1.82, 2.24) is 4.90 Å². The van der Waals surface area contributed by atoms with E-state index in [0.29, 0.717) is 18.0 Å². The summed E-state index contributed by atoms with van der Waals surface area (Å²) in [4.78, 5) is 2.33. The van der Waals surface area contributed by atoms with Gasteiger partial charge in [-0.1, -0.05) is 12.1 Å². The van der Waals surface area contributed by atoms with Gasteiger partial charge in [-0.05, 0) is 45.4 Å². The minimum atomic E-state index is -0.489. The lowest BCUT2D eigenvalue weighted by Crippen LogP contribution is -2.44. The molecule has 1 aliphatic rings. The second kappa shape index (κ2) is 5.80. The van der Waals surface area contributed by atoms with Crippen LogP contribution in [0.2, 0.25) is 0 Å². The number of aliphatic hydroxyl groups excluding tert-OH is 1. The molecule has 1 aromatic rings. The van der Waals surface area contributed by atoms with Gasteiger partial charge in [0.15, 0.2) is 0 Å². The van der Waals surface area contributed by atoms with Gasteiger partial charge >= 0.3 is 0 Å². The van der Waals surface area contributed by atoms with Crippen molar-refractivity contribution in [2.75, 3.05) is 25.4 Å². The number of ether oxygens (including phenoxy) is 1. The Morgan fingerprint density at radius 2 is 2.16 bits per heavy atom. The lowest BCUT2D eigenvalue weighted by atomic mass is 10.0. The molecule has 1 atom stereocenters. The fourth-order valence-corrected chi connectivity index (χ4v) is 2.61. The molecule has 3 N–H and O–H groups in total. The molecule has 1 aromatic carbocycles. The second-order valence-corrected chi connectivity index (χ2v) is 5.86. The molecule has 1 fully saturated rings. The van der Waals surface area contributed by atoms with E-state index in [1.54, 1.807) is 6.07 Å². The molecular formula is C15H24N2O2. The third-order valence-electron chi connectivity index (χ3n) is 3.85. The summed E-state index contributed by atoms with van der Waals surface area (Å²) in [7, 11) is 0. The summed E-state index contributed by atoms with van der Waals surface area (Å²) in [6.45, 7) is 6.43. The van der Waals surface area contributed by atoms with E-state index in [1.807, 2.05) is 18.2 Å². The molecule has 1 saturated heterocycles. The lowest BCUT2D eigenvalue weighted by Gasteiger charge is -2.33. The molecule has 19 heavy (non-hydrogen) atoms. The van der Waals surface area contributed by atoms with E-state index in [4.69, 9.17) is 10.5 Å². The minimum absolute atomic E-state index is 0.187. The van der Waals surface area contributed by atoms with Gasteiger partial charge in [0.2, 0.25) is 0 Å². The van der Waals surface area contributed by atoms with Gasteiger partial charge in [0.1, 0.15) is 18.5 Å². The Labute approximate surface area is 115 Å². The highest BCUT2D eigenvalue weighted by molar-refractivity contribution is 5.51. The first-order valence-corrected chi connectivity index (χ1v) is 6.89. The SMILES string of the molecule is CC1(C)CCCN1CC(O)COc1ccccc1N. The minimum Gasteiger partial charge on any atom is -0.489 e. The molecule has 0 aliphatic carbocycles. The highest BCUT2D eigenvalue weighted by atomic mass is 16.5. The summed E-state index contributed by atoms with van der Waals surface area (Å²) >= 11 is 0. The van der Waals surface area contributed by atoms with Crippen LogP contribution in [0.1, 0.15) is 26.7 Å². The van der Waals surface area contributed by atoms with Crippen molar-refractivity contribution in [3.63, 3.8) is 0 Å². The molecule has 0 spiro atoms. The first kappa shape index (κ1) is 14.2. The van der Waals surface area contributed by atoms with E-state index in [9.17, 15) is 5.11 Å². The third-order valence-corrected chi connectivity index (χ3v) is 3.85. The number of anilines is 1. The monoisotopic (exact) mass is 264 g/mol. The standard InChI is InChI=1S/C15H24N2O2/c1-15(2)8-5-9-17(15)10-12(18)11-19-14-7-4-3-6-13(14)16/h3-4,6-7,12,18H,5,8-11,16H2,1-2H3. The van der Waals surface area contributed by atoms with Gasteiger partial charge in [0.25, 0.3) is 0 Å². The Morgan fingerprint density at radius 1 is 1.42 bits per heavy atom. The molecule has 0 aromatic heterocycles. The van der Waals surface area contributed by atoms with E-state index in [0.717, 1.165) is 6.54 Å². The van der Waals surface area contributed by atoms with E-state index >= 15 is 0 Å². The van der Waals surface area contributed by atoms with E-state index < -0.39 is 6.10 Å². The molecule has 106 valence electrons. The Balaban J connectivity index is 1.82. The quantitative estimate of drug-likeness (QED) is 0.797. The summed E-state index contributed by atoms with van der Waals surface area (Å²) in [5, 5.41) is 10.1. The largest absolute Gasteiger partial charge is 0.489 e. The van der Waals surface area contributed by atoms with Crippen molar-refractivity contribution in [2.45, 2.75) is 38.3 Å². The van der Waals surface area contributed by atoms with Crippen LogP contribution in [0.5, 0.6) is 5.75 Å². The normalized spacial score (nSPS) is 20.4. The highest BCUT2D eigenvalue weighted by Crippen LogP contribution is 2.28. The van der Waals surface area contributed by atoms with Gasteiger partial charge in [-0.2, -0.15) is 0 Å². The zero-order valence-corrected chi connectivity index (χ0v) is 11.8. The van der Waals surface area contributed by atoms with E-state index in [2.05, 4.69) is 18.7 Å². The molecule has 2 rings (SSSR count). The van der Waals surface area contributed by atoms with Gasteiger partial charge in [-0.25, -0.2) is 0 Å². The summed E-state index contributed by atoms with van der Waals surface area (Å²) in [5.41, 5.74) is 6.59. The number of benzene rings is 1. The van der Waals surface area contributed by atoms with Crippen LogP contribution >= 0.6 is 0 Å². The van der Waals surface area contributed by atoms with Crippen LogP contribution in [0.4, 0.5) is 5.69 Å². The molecule has 0 bridgehead atoms. The number of likely N-dealkylation sites (tertiary alicyclic amines) is 1. The van der Waals surface area contributed by atoms with Gasteiger partial charge in [0, 0.05) is 12.1 Å². The molecule has 1 aliphatic heterocycles. The molecule has 0 radical (unpaired) electrons. The summed E-state index contributed by atoms with van der Waals surface area (Å²) < 4.78 is 5.58. The summed E-state index contributed by atoms with van der Waals surface area (Å²) in [5.74, 6) is 0.641. The van der Waals surface area contributed by atoms with Crippen molar-refractivity contribution in [2.24, 2.45) is 0 Å². The Morgan fingerprint density at radius 3 is 2.79 bits per heavy atom. The average molecular weight is 264 g/mol. The molecule has 1 heterocycles. The van der Waals surface area contributed by atoms with Crippen molar-refractivity contribution >= 4 is 5.69 Å². The number of nitrogen functional groups attached to an aromatic ring is 1. The van der Waals surface area contributed by atoms with Crippen molar-refractivity contribution in [1.29, 1.82) is 0 Å². The average Bonchev–Trinajstić information content (AvgIpc) is 2.68. The summed E-state index contributed by atoms with van der Waals surface area (Å²) in [6.07, 6.45) is 1.90. The zero-order chi connectivity index (χ0) is 13.9. The number of para-hydroxylation sites is 2. The van der Waals surface area contributed by atoms with Gasteiger partial charge in [-0.15, -0.1) is 0 Å². The van der Waals surface area contributed by atoms with Crippen LogP contribution in [0, 0.1) is 0 Å². The maximum atomic E-state index is 10.1. The fourth-order valence-electron chi connectivity index (χ4n) is 2.61. The number of nitrogens with two attached hydrogens (primary N) is 1. The summed E-state index contributed by atoms with van der Waals surface area (Å²) in [6, 6.07) is 7.36. The highest BCUT2D eigenvalue weighted by Gasteiger charge is 2.32. The number of hydrogen-bond acceptors (Lipinski definition) is 4. The fraction of sp³-hybridized carbons (Fsp3) is 0.600. The molecule has 0 saturated carbocycles. The van der Waals surface area contributed by atoms with Crippen LogP contribution in [-0.2, 0) is 0 Å². The Hall–Kier alpha value is -1.26. The van der Waals surface area contributed by atoms with Crippen LogP contribution in [-0.4, -0.2) is 41.3 Å². The van der Waals surface area contributed by atoms with Crippen LogP contribution in [0.25, 0.3) is 0 Å². The van der Waals surface area contributed by atoms with Crippen LogP contribution < -0.4 is 10.5 Å². The molecule has 4 heteroatoms. The zero-order valence-electron chi connectivity index (χ0n) is 11.8. The predicted octanol–water partition coefficient (Wildman–Crippen LogP) is 1.88. The molecular weight excluding hydrogens is 240 g/mol. The number of aliphatic hydroxyl groups is 1.